The molecule has 4 rings (SSSR count). The van der Waals surface area contributed by atoms with Crippen molar-refractivity contribution in [3.05, 3.63) is 54.1 Å². The Labute approximate surface area is 178 Å². The van der Waals surface area contributed by atoms with Crippen LogP contribution in [0.2, 0.25) is 10.0 Å². The summed E-state index contributed by atoms with van der Waals surface area (Å²) >= 11 is 12.4. The van der Waals surface area contributed by atoms with E-state index < -0.39 is 0 Å². The number of pyridine rings is 1. The number of nitrogens with one attached hydrogen (secondary N) is 1. The molecule has 0 spiro atoms. The smallest absolute Gasteiger partial charge is 0.290 e. The van der Waals surface area contributed by atoms with Crippen LogP contribution in [0, 0.1) is 0 Å². The van der Waals surface area contributed by atoms with Gasteiger partial charge in [-0.25, -0.2) is 15.0 Å². The number of carbonyl (C=O) groups is 1. The van der Waals surface area contributed by atoms with E-state index in [1.807, 2.05) is 18.5 Å². The first-order valence-corrected chi connectivity index (χ1v) is 9.49. The molecule has 0 amide bonds. The van der Waals surface area contributed by atoms with E-state index in [1.54, 1.807) is 12.4 Å². The fraction of sp³-hybridized carbons (Fsp3) is 0.200. The van der Waals surface area contributed by atoms with Crippen molar-refractivity contribution in [2.24, 2.45) is 0 Å². The minimum absolute atomic E-state index is 0.250. The molecule has 0 aliphatic heterocycles. The highest BCUT2D eigenvalue weighted by molar-refractivity contribution is 6.35. The van der Waals surface area contributed by atoms with E-state index >= 15 is 0 Å². The third-order valence-electron chi connectivity index (χ3n) is 4.33. The highest BCUT2D eigenvalue weighted by atomic mass is 35.5. The van der Waals surface area contributed by atoms with Gasteiger partial charge in [-0.15, -0.1) is 13.2 Å². The van der Waals surface area contributed by atoms with Gasteiger partial charge in [0.1, 0.15) is 11.3 Å². The first kappa shape index (κ1) is 22.4. The van der Waals surface area contributed by atoms with Crippen LogP contribution in [-0.2, 0) is 4.79 Å². The topological polar surface area (TPSA) is 96.7 Å². The van der Waals surface area contributed by atoms with Crippen molar-refractivity contribution in [1.29, 1.82) is 0 Å². The van der Waals surface area contributed by atoms with Gasteiger partial charge in [0.2, 0.25) is 0 Å². The van der Waals surface area contributed by atoms with Gasteiger partial charge in [-0.1, -0.05) is 30.1 Å². The molecule has 0 radical (unpaired) electrons. The summed E-state index contributed by atoms with van der Waals surface area (Å²) in [5.74, 6) is 0.622. The Bertz CT molecular complexity index is 1120. The fourth-order valence-corrected chi connectivity index (χ4v) is 3.21. The van der Waals surface area contributed by atoms with Gasteiger partial charge in [-0.3, -0.25) is 4.79 Å². The summed E-state index contributed by atoms with van der Waals surface area (Å²) in [6, 6.07) is 2.17. The molecule has 2 N–H and O–H groups in total. The number of hydrogen-bond acceptors (Lipinski definition) is 4. The fourth-order valence-electron chi connectivity index (χ4n) is 2.82. The summed E-state index contributed by atoms with van der Waals surface area (Å²) in [6.07, 6.45) is 8.16. The predicted molar refractivity (Wildman–Crippen MR) is 118 cm³/mol. The Morgan fingerprint density at radius 1 is 1.28 bits per heavy atom. The predicted octanol–water partition coefficient (Wildman–Crippen LogP) is 5.76. The number of halogens is 2. The number of fused-ring (bicyclic) bond motifs is 2. The first-order chi connectivity index (χ1) is 14.0. The van der Waals surface area contributed by atoms with Crippen molar-refractivity contribution in [2.45, 2.75) is 26.3 Å². The summed E-state index contributed by atoms with van der Waals surface area (Å²) < 4.78 is 2.10. The zero-order valence-electron chi connectivity index (χ0n) is 16.1. The van der Waals surface area contributed by atoms with Crippen LogP contribution in [-0.4, -0.2) is 36.1 Å². The van der Waals surface area contributed by atoms with Crippen molar-refractivity contribution in [3.8, 4) is 11.4 Å². The number of aromatic nitrogens is 5. The van der Waals surface area contributed by atoms with Gasteiger partial charge >= 0.3 is 0 Å². The molecule has 9 heteroatoms. The van der Waals surface area contributed by atoms with Crippen LogP contribution < -0.4 is 0 Å². The lowest BCUT2D eigenvalue weighted by Crippen LogP contribution is -2.03. The lowest BCUT2D eigenvalue weighted by atomic mass is 10.2. The van der Waals surface area contributed by atoms with Crippen molar-refractivity contribution < 1.29 is 9.90 Å². The zero-order chi connectivity index (χ0) is 21.6. The van der Waals surface area contributed by atoms with Crippen LogP contribution >= 0.6 is 23.2 Å². The van der Waals surface area contributed by atoms with Crippen LogP contribution in [0.3, 0.4) is 0 Å². The second kappa shape index (κ2) is 10.0. The van der Waals surface area contributed by atoms with Gasteiger partial charge in [0.15, 0.2) is 5.82 Å². The van der Waals surface area contributed by atoms with E-state index in [9.17, 15) is 0 Å². The SMILES string of the molecule is C=C.CCC(C)n1cc(Cl)c2cnc(-c3c[nH]c4ncc(Cl)cc34)nc21.O=CO. The Kier molecular flexibility index (Phi) is 7.75. The molecule has 0 fully saturated rings. The number of carboxylic acid groups (broad SMARTS) is 1. The number of hydrogen-bond donors (Lipinski definition) is 2. The van der Waals surface area contributed by atoms with Gasteiger partial charge in [0.05, 0.1) is 15.4 Å². The van der Waals surface area contributed by atoms with Gasteiger partial charge in [0.25, 0.3) is 6.47 Å². The zero-order valence-corrected chi connectivity index (χ0v) is 17.6. The Morgan fingerprint density at radius 3 is 2.62 bits per heavy atom. The standard InChI is InChI=1S/C17H15Cl2N5.C2H4.CH2O2/c1-3-9(2)24-8-14(19)13-7-22-16(23-17(13)24)12-6-21-15-11(12)4-10(18)5-20-15;1-2;2-1-3/h4-9H,3H2,1-2H3,(H,20,21);1-2H2;1H,(H,2,3). The Hall–Kier alpha value is -2.90. The monoisotopic (exact) mass is 433 g/mol. The van der Waals surface area contributed by atoms with Crippen LogP contribution in [0.1, 0.15) is 26.3 Å². The number of H-pyrrole nitrogens is 1. The Balaban J connectivity index is 0.000000551. The molecule has 0 saturated heterocycles. The first-order valence-electron chi connectivity index (χ1n) is 8.74. The maximum atomic E-state index is 8.36. The van der Waals surface area contributed by atoms with Gasteiger partial charge in [-0.05, 0) is 19.4 Å². The molecule has 0 bridgehead atoms. The molecular formula is C20H21Cl2N5O2. The van der Waals surface area contributed by atoms with Crippen molar-refractivity contribution >= 4 is 51.7 Å². The Morgan fingerprint density at radius 2 is 1.97 bits per heavy atom. The minimum Gasteiger partial charge on any atom is -0.483 e. The highest BCUT2D eigenvalue weighted by Crippen LogP contribution is 2.31. The lowest BCUT2D eigenvalue weighted by Gasteiger charge is -2.12. The quantitative estimate of drug-likeness (QED) is 0.316. The molecule has 1 atom stereocenters. The number of nitrogens with zero attached hydrogens (tertiary/aromatic N) is 4. The molecule has 0 saturated carbocycles. The van der Waals surface area contributed by atoms with E-state index in [1.165, 1.54) is 0 Å². The van der Waals surface area contributed by atoms with Crippen LogP contribution in [0.5, 0.6) is 0 Å². The molecule has 0 aliphatic carbocycles. The van der Waals surface area contributed by atoms with Gasteiger partial charge < -0.3 is 14.7 Å². The van der Waals surface area contributed by atoms with Crippen molar-refractivity contribution in [2.75, 3.05) is 0 Å². The average Bonchev–Trinajstić information content (AvgIpc) is 3.30. The van der Waals surface area contributed by atoms with Crippen molar-refractivity contribution in [1.82, 2.24) is 24.5 Å². The van der Waals surface area contributed by atoms with Crippen LogP contribution in [0.15, 0.2) is 44.0 Å². The second-order valence-corrected chi connectivity index (χ2v) is 6.77. The molecule has 0 aliphatic rings. The van der Waals surface area contributed by atoms with E-state index in [4.69, 9.17) is 38.1 Å². The second-order valence-electron chi connectivity index (χ2n) is 5.93. The van der Waals surface area contributed by atoms with E-state index in [0.717, 1.165) is 34.1 Å². The van der Waals surface area contributed by atoms with Crippen molar-refractivity contribution in [3.63, 3.8) is 0 Å². The maximum absolute atomic E-state index is 8.36. The van der Waals surface area contributed by atoms with Crippen LogP contribution in [0.4, 0.5) is 0 Å². The van der Waals surface area contributed by atoms with E-state index in [-0.39, 0.29) is 6.47 Å². The summed E-state index contributed by atoms with van der Waals surface area (Å²) in [6.45, 7) is 10.0. The summed E-state index contributed by atoms with van der Waals surface area (Å²) in [5, 5.41) is 9.89. The molecule has 0 aromatic carbocycles. The van der Waals surface area contributed by atoms with Gasteiger partial charge in [0, 0.05) is 41.8 Å². The van der Waals surface area contributed by atoms with E-state index in [0.29, 0.717) is 21.9 Å². The van der Waals surface area contributed by atoms with Gasteiger partial charge in [-0.2, -0.15) is 0 Å². The maximum Gasteiger partial charge on any atom is 0.290 e. The molecule has 4 heterocycles. The third kappa shape index (κ3) is 4.58. The number of aromatic amines is 1. The summed E-state index contributed by atoms with van der Waals surface area (Å²) in [4.78, 5) is 25.0. The molecule has 29 heavy (non-hydrogen) atoms. The molecule has 1 unspecified atom stereocenters. The minimum atomic E-state index is -0.250. The summed E-state index contributed by atoms with van der Waals surface area (Å²) in [7, 11) is 0. The molecule has 4 aromatic rings. The lowest BCUT2D eigenvalue weighted by molar-refractivity contribution is -0.122. The third-order valence-corrected chi connectivity index (χ3v) is 4.84. The highest BCUT2D eigenvalue weighted by Gasteiger charge is 2.16. The largest absolute Gasteiger partial charge is 0.483 e. The molecule has 4 aromatic heterocycles. The summed E-state index contributed by atoms with van der Waals surface area (Å²) in [5.41, 5.74) is 2.46. The number of rotatable bonds is 3. The molecule has 152 valence electrons. The molecule has 7 nitrogen and oxygen atoms in total. The molecular weight excluding hydrogens is 413 g/mol. The van der Waals surface area contributed by atoms with E-state index in [2.05, 4.69) is 46.5 Å². The van der Waals surface area contributed by atoms with Crippen LogP contribution in [0.25, 0.3) is 33.5 Å². The normalized spacial score (nSPS) is 11.3. The average molecular weight is 434 g/mol.